The van der Waals surface area contributed by atoms with Crippen molar-refractivity contribution in [1.82, 2.24) is 15.5 Å². The Morgan fingerprint density at radius 2 is 1.96 bits per heavy atom. The second kappa shape index (κ2) is 7.57. The number of fused-ring (bicyclic) bond motifs is 2. The topological polar surface area (TPSA) is 78.5 Å². The van der Waals surface area contributed by atoms with Crippen molar-refractivity contribution in [2.75, 3.05) is 6.54 Å². The lowest BCUT2D eigenvalue weighted by Gasteiger charge is -2.33. The number of nitrogens with one attached hydrogen (secondary N) is 2. The van der Waals surface area contributed by atoms with Gasteiger partial charge in [0, 0.05) is 6.54 Å². The quantitative estimate of drug-likeness (QED) is 0.785. The fourth-order valence-corrected chi connectivity index (χ4v) is 5.03. The van der Waals surface area contributed by atoms with Gasteiger partial charge in [0.15, 0.2) is 0 Å². The summed E-state index contributed by atoms with van der Waals surface area (Å²) in [4.78, 5) is 39.9. The third-order valence-electron chi connectivity index (χ3n) is 6.65. The second-order valence-electron chi connectivity index (χ2n) is 8.45. The minimum atomic E-state index is -1.02. The van der Waals surface area contributed by atoms with Gasteiger partial charge in [-0.05, 0) is 56.1 Å². The van der Waals surface area contributed by atoms with Crippen LogP contribution in [0.5, 0.6) is 0 Å². The summed E-state index contributed by atoms with van der Waals surface area (Å²) in [6, 6.07) is 6.50. The van der Waals surface area contributed by atoms with Crippen molar-refractivity contribution < 1.29 is 14.4 Å². The fraction of sp³-hybridized carbons (Fsp3) is 0.591. The van der Waals surface area contributed by atoms with E-state index in [9.17, 15) is 14.4 Å². The number of aryl methyl sites for hydroxylation is 1. The van der Waals surface area contributed by atoms with E-state index in [0.717, 1.165) is 41.7 Å². The summed E-state index contributed by atoms with van der Waals surface area (Å²) in [5, 5.41) is 5.89. The zero-order valence-corrected chi connectivity index (χ0v) is 16.5. The Balaban J connectivity index is 1.49. The van der Waals surface area contributed by atoms with E-state index in [1.807, 2.05) is 24.3 Å². The van der Waals surface area contributed by atoms with Crippen LogP contribution in [0.25, 0.3) is 0 Å². The molecular formula is C22H29N3O3. The van der Waals surface area contributed by atoms with E-state index in [-0.39, 0.29) is 11.8 Å². The molecule has 150 valence electrons. The molecule has 2 N–H and O–H groups in total. The van der Waals surface area contributed by atoms with E-state index in [1.165, 1.54) is 19.3 Å². The molecule has 2 atom stereocenters. The second-order valence-corrected chi connectivity index (χ2v) is 8.45. The first-order valence-corrected chi connectivity index (χ1v) is 10.5. The molecule has 0 unspecified atom stereocenters. The molecule has 4 amide bonds. The maximum atomic E-state index is 13.4. The lowest BCUT2D eigenvalue weighted by Crippen LogP contribution is -2.51. The smallest absolute Gasteiger partial charge is 0.326 e. The van der Waals surface area contributed by atoms with Crippen LogP contribution in [0.2, 0.25) is 0 Å². The van der Waals surface area contributed by atoms with Gasteiger partial charge >= 0.3 is 6.03 Å². The van der Waals surface area contributed by atoms with Gasteiger partial charge in [-0.3, -0.25) is 9.59 Å². The van der Waals surface area contributed by atoms with Gasteiger partial charge in [-0.15, -0.1) is 0 Å². The van der Waals surface area contributed by atoms with Crippen LogP contribution in [0.4, 0.5) is 4.79 Å². The molecule has 6 nitrogen and oxygen atoms in total. The van der Waals surface area contributed by atoms with Crippen molar-refractivity contribution in [2.24, 2.45) is 5.92 Å². The van der Waals surface area contributed by atoms with Crippen molar-refractivity contribution in [3.05, 3.63) is 35.4 Å². The van der Waals surface area contributed by atoms with Crippen LogP contribution in [-0.2, 0) is 21.5 Å². The van der Waals surface area contributed by atoms with E-state index >= 15 is 0 Å². The molecule has 28 heavy (non-hydrogen) atoms. The molecule has 3 aliphatic rings. The zero-order chi connectivity index (χ0) is 19.7. The van der Waals surface area contributed by atoms with Gasteiger partial charge in [0.05, 0.1) is 0 Å². The summed E-state index contributed by atoms with van der Waals surface area (Å²) in [5.41, 5.74) is 0.944. The van der Waals surface area contributed by atoms with Gasteiger partial charge in [-0.25, -0.2) is 9.69 Å². The standard InChI is InChI=1S/C22H29N3O3/c1-15(19(26)23-14-16-8-3-2-4-9-16)25-20(27)22(24-21(25)28)13-7-11-17-10-5-6-12-18(17)22/h5-6,10,12,15-16H,2-4,7-9,11,13-14H2,1H3,(H,23,26)(H,24,28)/t15-,22-/m1/s1. The van der Waals surface area contributed by atoms with E-state index in [4.69, 9.17) is 0 Å². The third-order valence-corrected chi connectivity index (χ3v) is 6.65. The first kappa shape index (κ1) is 19.0. The maximum absolute atomic E-state index is 13.4. The summed E-state index contributed by atoms with van der Waals surface area (Å²) in [6.07, 6.45) is 8.28. The fourth-order valence-electron chi connectivity index (χ4n) is 5.03. The van der Waals surface area contributed by atoms with Crippen LogP contribution >= 0.6 is 0 Å². The molecule has 2 aliphatic carbocycles. The summed E-state index contributed by atoms with van der Waals surface area (Å²) >= 11 is 0. The first-order chi connectivity index (χ1) is 13.5. The van der Waals surface area contributed by atoms with E-state index in [1.54, 1.807) is 6.92 Å². The Morgan fingerprint density at radius 3 is 2.75 bits per heavy atom. The SMILES string of the molecule is C[C@H](C(=O)NCC1CCCCC1)N1C(=O)N[C@@]2(CCCc3ccccc32)C1=O. The summed E-state index contributed by atoms with van der Waals surface area (Å²) in [6.45, 7) is 2.27. The molecule has 2 fully saturated rings. The van der Waals surface area contributed by atoms with Crippen LogP contribution in [0.3, 0.4) is 0 Å². The minimum Gasteiger partial charge on any atom is -0.354 e. The molecule has 4 rings (SSSR count). The zero-order valence-electron chi connectivity index (χ0n) is 16.5. The molecule has 0 bridgehead atoms. The predicted octanol–water partition coefficient (Wildman–Crippen LogP) is 2.86. The number of rotatable bonds is 4. The Labute approximate surface area is 166 Å². The van der Waals surface area contributed by atoms with Crippen molar-refractivity contribution in [3.8, 4) is 0 Å². The third kappa shape index (κ3) is 3.19. The number of benzene rings is 1. The van der Waals surface area contributed by atoms with Gasteiger partial charge in [0.1, 0.15) is 11.6 Å². The predicted molar refractivity (Wildman–Crippen MR) is 105 cm³/mol. The molecule has 6 heteroatoms. The highest BCUT2D eigenvalue weighted by Gasteiger charge is 2.55. The first-order valence-electron chi connectivity index (χ1n) is 10.5. The normalized spacial score (nSPS) is 26.1. The molecule has 0 aromatic heterocycles. The number of urea groups is 1. The van der Waals surface area contributed by atoms with E-state index < -0.39 is 17.6 Å². The van der Waals surface area contributed by atoms with Crippen LogP contribution in [-0.4, -0.2) is 35.3 Å². The lowest BCUT2D eigenvalue weighted by molar-refractivity contribution is -0.138. The number of carbonyl (C=O) groups is 3. The summed E-state index contributed by atoms with van der Waals surface area (Å²) in [5.74, 6) is -0.0512. The molecule has 1 saturated carbocycles. The molecular weight excluding hydrogens is 354 g/mol. The number of nitrogens with zero attached hydrogens (tertiary/aromatic N) is 1. The Bertz CT molecular complexity index is 787. The number of imide groups is 1. The van der Waals surface area contributed by atoms with E-state index in [2.05, 4.69) is 10.6 Å². The van der Waals surface area contributed by atoms with Crippen LogP contribution < -0.4 is 10.6 Å². The van der Waals surface area contributed by atoms with Gasteiger partial charge in [-0.1, -0.05) is 43.5 Å². The monoisotopic (exact) mass is 383 g/mol. The molecule has 1 aromatic carbocycles. The lowest BCUT2D eigenvalue weighted by atomic mass is 9.76. The average Bonchev–Trinajstić information content (AvgIpc) is 2.97. The van der Waals surface area contributed by atoms with Gasteiger partial charge in [0.2, 0.25) is 5.91 Å². The largest absolute Gasteiger partial charge is 0.354 e. The number of hydrogen-bond acceptors (Lipinski definition) is 3. The van der Waals surface area contributed by atoms with Gasteiger partial charge < -0.3 is 10.6 Å². The number of carbonyl (C=O) groups excluding carboxylic acids is 3. The Morgan fingerprint density at radius 1 is 1.21 bits per heavy atom. The van der Waals surface area contributed by atoms with Crippen LogP contribution in [0.15, 0.2) is 24.3 Å². The number of hydrogen-bond donors (Lipinski definition) is 2. The van der Waals surface area contributed by atoms with Crippen LogP contribution in [0, 0.1) is 5.92 Å². The summed E-state index contributed by atoms with van der Waals surface area (Å²) in [7, 11) is 0. The highest BCUT2D eigenvalue weighted by molar-refractivity contribution is 6.10. The highest BCUT2D eigenvalue weighted by atomic mass is 16.2. The molecule has 1 aromatic rings. The molecule has 1 spiro atoms. The minimum absolute atomic E-state index is 0.254. The average molecular weight is 383 g/mol. The molecule has 1 saturated heterocycles. The number of amides is 4. The Hall–Kier alpha value is -2.37. The Kier molecular flexibility index (Phi) is 5.13. The molecule has 0 radical (unpaired) electrons. The van der Waals surface area contributed by atoms with Crippen molar-refractivity contribution in [2.45, 2.75) is 69.9 Å². The van der Waals surface area contributed by atoms with Crippen molar-refractivity contribution in [1.29, 1.82) is 0 Å². The molecule has 1 aliphatic heterocycles. The highest BCUT2D eigenvalue weighted by Crippen LogP contribution is 2.40. The summed E-state index contributed by atoms with van der Waals surface area (Å²) < 4.78 is 0. The maximum Gasteiger partial charge on any atom is 0.326 e. The van der Waals surface area contributed by atoms with Crippen molar-refractivity contribution in [3.63, 3.8) is 0 Å². The van der Waals surface area contributed by atoms with Crippen LogP contribution in [0.1, 0.15) is 63.0 Å². The van der Waals surface area contributed by atoms with Crippen molar-refractivity contribution >= 4 is 17.8 Å². The van der Waals surface area contributed by atoms with Gasteiger partial charge in [0.25, 0.3) is 5.91 Å². The van der Waals surface area contributed by atoms with E-state index in [0.29, 0.717) is 18.9 Å². The van der Waals surface area contributed by atoms with Gasteiger partial charge in [-0.2, -0.15) is 0 Å². The molecule has 1 heterocycles.